The molecule has 1 fully saturated rings. The zero-order chi connectivity index (χ0) is 15.2. The minimum Gasteiger partial charge on any atom is -0.348 e. The van der Waals surface area contributed by atoms with Crippen molar-refractivity contribution in [3.05, 3.63) is 35.9 Å². The summed E-state index contributed by atoms with van der Waals surface area (Å²) < 4.78 is 0. The molecule has 0 radical (unpaired) electrons. The maximum Gasteiger partial charge on any atom is 0.234 e. The van der Waals surface area contributed by atoms with Crippen LogP contribution in [0.5, 0.6) is 0 Å². The van der Waals surface area contributed by atoms with Crippen molar-refractivity contribution in [2.45, 2.75) is 19.0 Å². The smallest absolute Gasteiger partial charge is 0.234 e. The maximum absolute atomic E-state index is 12.2. The van der Waals surface area contributed by atoms with Gasteiger partial charge in [-0.05, 0) is 19.5 Å². The van der Waals surface area contributed by atoms with Crippen LogP contribution in [-0.2, 0) is 4.79 Å². The summed E-state index contributed by atoms with van der Waals surface area (Å²) in [5.41, 5.74) is 6.95. The Morgan fingerprint density at radius 3 is 2.76 bits per heavy atom. The molecule has 2 atom stereocenters. The molecule has 1 aromatic carbocycles. The molecule has 2 rings (SSSR count). The summed E-state index contributed by atoms with van der Waals surface area (Å²) in [4.78, 5) is 16.7. The third-order valence-corrected chi connectivity index (χ3v) is 4.10. The van der Waals surface area contributed by atoms with E-state index < -0.39 is 0 Å². The zero-order valence-corrected chi connectivity index (χ0v) is 13.0. The number of piperazine rings is 1. The molecule has 0 aliphatic carbocycles. The highest BCUT2D eigenvalue weighted by atomic mass is 16.2. The number of amides is 1. The van der Waals surface area contributed by atoms with E-state index in [1.54, 1.807) is 0 Å². The molecule has 2 unspecified atom stereocenters. The predicted octanol–water partition coefficient (Wildman–Crippen LogP) is 0.439. The standard InChI is InChI=1S/C16H26N4O/c1-13(14-6-4-3-5-7-14)18-16(21)12-20-9-8-19(2)11-15(20)10-17/h3-7,13,15H,8-12,17H2,1-2H3,(H,18,21). The van der Waals surface area contributed by atoms with Gasteiger partial charge in [0.25, 0.3) is 0 Å². The molecule has 1 aliphatic heterocycles. The Labute approximate surface area is 127 Å². The Kier molecular flexibility index (Phi) is 5.73. The number of nitrogens with one attached hydrogen (secondary N) is 1. The van der Waals surface area contributed by atoms with E-state index in [1.165, 1.54) is 0 Å². The van der Waals surface area contributed by atoms with Crippen molar-refractivity contribution in [1.29, 1.82) is 0 Å². The summed E-state index contributed by atoms with van der Waals surface area (Å²) in [6, 6.07) is 10.3. The minimum atomic E-state index is 0.0301. The van der Waals surface area contributed by atoms with E-state index >= 15 is 0 Å². The fraction of sp³-hybridized carbons (Fsp3) is 0.562. The van der Waals surface area contributed by atoms with E-state index in [2.05, 4.69) is 22.2 Å². The fourth-order valence-electron chi connectivity index (χ4n) is 2.78. The van der Waals surface area contributed by atoms with E-state index in [4.69, 9.17) is 5.73 Å². The second-order valence-electron chi connectivity index (χ2n) is 5.82. The van der Waals surface area contributed by atoms with Gasteiger partial charge in [-0.25, -0.2) is 0 Å². The lowest BCUT2D eigenvalue weighted by molar-refractivity contribution is -0.124. The number of carbonyl (C=O) groups is 1. The first-order valence-corrected chi connectivity index (χ1v) is 7.57. The molecule has 1 aromatic rings. The minimum absolute atomic E-state index is 0.0301. The molecular weight excluding hydrogens is 264 g/mol. The number of hydrogen-bond acceptors (Lipinski definition) is 4. The average Bonchev–Trinajstić information content (AvgIpc) is 2.49. The molecule has 0 saturated carbocycles. The first kappa shape index (κ1) is 15.9. The maximum atomic E-state index is 12.2. The fourth-order valence-corrected chi connectivity index (χ4v) is 2.78. The highest BCUT2D eigenvalue weighted by Gasteiger charge is 2.25. The van der Waals surface area contributed by atoms with Crippen LogP contribution in [0.3, 0.4) is 0 Å². The molecule has 1 amide bonds. The molecule has 3 N–H and O–H groups in total. The molecule has 1 heterocycles. The van der Waals surface area contributed by atoms with Crippen molar-refractivity contribution in [2.24, 2.45) is 5.73 Å². The number of hydrogen-bond donors (Lipinski definition) is 2. The average molecular weight is 290 g/mol. The SMILES string of the molecule is CC(NC(=O)CN1CCN(C)CC1CN)c1ccccc1. The van der Waals surface area contributed by atoms with Crippen molar-refractivity contribution in [2.75, 3.05) is 39.8 Å². The number of carbonyl (C=O) groups excluding carboxylic acids is 1. The Bertz CT molecular complexity index is 451. The summed E-state index contributed by atoms with van der Waals surface area (Å²) in [5, 5.41) is 3.06. The second kappa shape index (κ2) is 7.54. The summed E-state index contributed by atoms with van der Waals surface area (Å²) in [6.45, 7) is 5.83. The molecule has 5 nitrogen and oxygen atoms in total. The zero-order valence-electron chi connectivity index (χ0n) is 13.0. The van der Waals surface area contributed by atoms with Crippen molar-refractivity contribution in [3.8, 4) is 0 Å². The molecular formula is C16H26N4O. The first-order valence-electron chi connectivity index (χ1n) is 7.57. The van der Waals surface area contributed by atoms with Gasteiger partial charge in [-0.15, -0.1) is 0 Å². The van der Waals surface area contributed by atoms with E-state index in [-0.39, 0.29) is 18.0 Å². The summed E-state index contributed by atoms with van der Waals surface area (Å²) in [7, 11) is 2.09. The van der Waals surface area contributed by atoms with E-state index in [0.717, 1.165) is 25.2 Å². The van der Waals surface area contributed by atoms with Gasteiger partial charge in [0.05, 0.1) is 12.6 Å². The summed E-state index contributed by atoms with van der Waals surface area (Å²) in [5.74, 6) is 0.0642. The molecule has 1 saturated heterocycles. The third-order valence-electron chi connectivity index (χ3n) is 4.10. The van der Waals surface area contributed by atoms with Crippen molar-refractivity contribution < 1.29 is 4.79 Å². The second-order valence-corrected chi connectivity index (χ2v) is 5.82. The summed E-state index contributed by atoms with van der Waals surface area (Å²) in [6.07, 6.45) is 0. The van der Waals surface area contributed by atoms with E-state index in [1.807, 2.05) is 37.3 Å². The molecule has 1 aliphatic rings. The van der Waals surface area contributed by atoms with E-state index in [0.29, 0.717) is 13.1 Å². The topological polar surface area (TPSA) is 61.6 Å². The van der Waals surface area contributed by atoms with Crippen LogP contribution in [-0.4, -0.2) is 61.5 Å². The number of nitrogens with two attached hydrogens (primary N) is 1. The van der Waals surface area contributed by atoms with Gasteiger partial charge in [0.1, 0.15) is 0 Å². The normalized spacial score (nSPS) is 22.0. The van der Waals surface area contributed by atoms with Crippen molar-refractivity contribution in [3.63, 3.8) is 0 Å². The third kappa shape index (κ3) is 4.52. The highest BCUT2D eigenvalue weighted by molar-refractivity contribution is 5.78. The van der Waals surface area contributed by atoms with Crippen LogP contribution in [0.1, 0.15) is 18.5 Å². The van der Waals surface area contributed by atoms with Crippen LogP contribution in [0.2, 0.25) is 0 Å². The van der Waals surface area contributed by atoms with Gasteiger partial charge < -0.3 is 16.0 Å². The van der Waals surface area contributed by atoms with Crippen LogP contribution in [0.4, 0.5) is 0 Å². The largest absolute Gasteiger partial charge is 0.348 e. The van der Waals surface area contributed by atoms with Crippen LogP contribution in [0.25, 0.3) is 0 Å². The Morgan fingerprint density at radius 2 is 2.10 bits per heavy atom. The molecule has 116 valence electrons. The van der Waals surface area contributed by atoms with Gasteiger partial charge in [-0.2, -0.15) is 0 Å². The van der Waals surface area contributed by atoms with Gasteiger partial charge in [-0.3, -0.25) is 9.69 Å². The van der Waals surface area contributed by atoms with Crippen LogP contribution >= 0.6 is 0 Å². The van der Waals surface area contributed by atoms with Gasteiger partial charge in [0, 0.05) is 32.2 Å². The quantitative estimate of drug-likeness (QED) is 0.826. The predicted molar refractivity (Wildman–Crippen MR) is 84.9 cm³/mol. The Balaban J connectivity index is 1.86. The van der Waals surface area contributed by atoms with Gasteiger partial charge in [-0.1, -0.05) is 30.3 Å². The lowest BCUT2D eigenvalue weighted by Crippen LogP contribution is -2.57. The number of rotatable bonds is 5. The van der Waals surface area contributed by atoms with Gasteiger partial charge in [0.15, 0.2) is 0 Å². The summed E-state index contributed by atoms with van der Waals surface area (Å²) >= 11 is 0. The lowest BCUT2D eigenvalue weighted by Gasteiger charge is -2.39. The Hall–Kier alpha value is -1.43. The molecule has 5 heteroatoms. The number of nitrogens with zero attached hydrogens (tertiary/aromatic N) is 2. The lowest BCUT2D eigenvalue weighted by atomic mass is 10.1. The monoisotopic (exact) mass is 290 g/mol. The van der Waals surface area contributed by atoms with Crippen molar-refractivity contribution >= 4 is 5.91 Å². The van der Waals surface area contributed by atoms with Crippen LogP contribution < -0.4 is 11.1 Å². The van der Waals surface area contributed by atoms with Crippen molar-refractivity contribution in [1.82, 2.24) is 15.1 Å². The highest BCUT2D eigenvalue weighted by Crippen LogP contribution is 2.12. The van der Waals surface area contributed by atoms with Crippen LogP contribution in [0.15, 0.2) is 30.3 Å². The number of likely N-dealkylation sites (N-methyl/N-ethyl adjacent to an activating group) is 1. The Morgan fingerprint density at radius 1 is 1.38 bits per heavy atom. The van der Waals surface area contributed by atoms with E-state index in [9.17, 15) is 4.79 Å². The molecule has 0 aromatic heterocycles. The molecule has 21 heavy (non-hydrogen) atoms. The number of benzene rings is 1. The van der Waals surface area contributed by atoms with Gasteiger partial charge in [0.2, 0.25) is 5.91 Å². The van der Waals surface area contributed by atoms with Crippen LogP contribution in [0, 0.1) is 0 Å². The molecule has 0 bridgehead atoms. The van der Waals surface area contributed by atoms with Gasteiger partial charge >= 0.3 is 0 Å². The molecule has 0 spiro atoms. The first-order chi connectivity index (χ1) is 10.1.